The van der Waals surface area contributed by atoms with Gasteiger partial charge < -0.3 is 5.73 Å². The van der Waals surface area contributed by atoms with E-state index in [1.165, 1.54) is 28.5 Å². The smallest absolute Gasteiger partial charge is 0.284 e. The van der Waals surface area contributed by atoms with Gasteiger partial charge in [-0.15, -0.1) is 11.3 Å². The summed E-state index contributed by atoms with van der Waals surface area (Å²) in [5.74, 6) is -0.508. The molecule has 0 saturated carbocycles. The first-order valence-electron chi connectivity index (χ1n) is 8.62. The summed E-state index contributed by atoms with van der Waals surface area (Å²) >= 11 is 4.89. The van der Waals surface area contributed by atoms with E-state index in [9.17, 15) is 9.18 Å². The Morgan fingerprint density at radius 3 is 2.57 bits per heavy atom. The molecule has 1 amide bonds. The van der Waals surface area contributed by atoms with Gasteiger partial charge in [0.05, 0.1) is 16.6 Å². The Balaban J connectivity index is 0.00000109. The van der Waals surface area contributed by atoms with Crippen LogP contribution in [0, 0.1) is 5.82 Å². The molecule has 1 unspecified atom stereocenters. The maximum atomic E-state index is 13.7. The molecule has 2 N–H and O–H groups in total. The average Bonchev–Trinajstić information content (AvgIpc) is 3.40. The van der Waals surface area contributed by atoms with Crippen LogP contribution in [-0.2, 0) is 0 Å². The minimum atomic E-state index is -0.340. The van der Waals surface area contributed by atoms with Crippen molar-refractivity contribution in [1.82, 2.24) is 5.01 Å². The van der Waals surface area contributed by atoms with Crippen molar-refractivity contribution >= 4 is 41.3 Å². The monoisotopic (exact) mass is 413 g/mol. The Hall–Kier alpha value is -2.64. The Morgan fingerprint density at radius 2 is 1.93 bits per heavy atom. The van der Waals surface area contributed by atoms with Crippen molar-refractivity contribution in [2.45, 2.75) is 12.5 Å². The maximum Gasteiger partial charge on any atom is 0.284 e. The lowest BCUT2D eigenvalue weighted by atomic mass is 9.98. The van der Waals surface area contributed by atoms with E-state index in [1.807, 2.05) is 29.6 Å². The second-order valence-corrected chi connectivity index (χ2v) is 7.02. The van der Waals surface area contributed by atoms with Crippen molar-refractivity contribution in [1.29, 1.82) is 0 Å². The van der Waals surface area contributed by atoms with Crippen molar-refractivity contribution < 1.29 is 9.18 Å². The molecule has 3 aromatic rings. The summed E-state index contributed by atoms with van der Waals surface area (Å²) in [5, 5.41) is 7.89. The fourth-order valence-corrected chi connectivity index (χ4v) is 3.69. The summed E-state index contributed by atoms with van der Waals surface area (Å²) in [6.45, 7) is 0. The number of hydrogen-bond acceptors (Lipinski definition) is 5. The second kappa shape index (κ2) is 9.03. The number of thiol groups is 1. The number of benzene rings is 2. The van der Waals surface area contributed by atoms with E-state index in [0.29, 0.717) is 17.0 Å². The van der Waals surface area contributed by atoms with Gasteiger partial charge in [0.15, 0.2) is 0 Å². The van der Waals surface area contributed by atoms with Crippen LogP contribution in [-0.4, -0.2) is 22.9 Å². The minimum Gasteiger partial charge on any atom is -0.399 e. The number of rotatable bonds is 3. The molecule has 144 valence electrons. The topological polar surface area (TPSA) is 58.7 Å². The highest BCUT2D eigenvalue weighted by atomic mass is 32.1. The zero-order valence-electron chi connectivity index (χ0n) is 15.2. The number of nitrogens with two attached hydrogens (primary N) is 1. The van der Waals surface area contributed by atoms with E-state index in [0.717, 1.165) is 16.8 Å². The van der Waals surface area contributed by atoms with Crippen molar-refractivity contribution in [2.24, 2.45) is 5.10 Å². The average molecular weight is 414 g/mol. The van der Waals surface area contributed by atoms with Crippen LogP contribution >= 0.6 is 24.0 Å². The lowest BCUT2D eigenvalue weighted by Crippen LogP contribution is -2.26. The molecular weight excluding hydrogens is 393 g/mol. The highest BCUT2D eigenvalue weighted by Gasteiger charge is 2.34. The van der Waals surface area contributed by atoms with Gasteiger partial charge in [0, 0.05) is 12.1 Å². The molecule has 2 heterocycles. The van der Waals surface area contributed by atoms with Gasteiger partial charge in [-0.1, -0.05) is 30.3 Å². The Bertz CT molecular complexity index is 972. The van der Waals surface area contributed by atoms with E-state index >= 15 is 0 Å². The summed E-state index contributed by atoms with van der Waals surface area (Å²) in [6.07, 6.45) is 2.21. The molecule has 0 fully saturated rings. The number of anilines is 1. The van der Waals surface area contributed by atoms with E-state index in [-0.39, 0.29) is 17.8 Å². The summed E-state index contributed by atoms with van der Waals surface area (Å²) in [7, 11) is 0. The highest BCUT2D eigenvalue weighted by molar-refractivity contribution is 7.79. The molecule has 0 saturated heterocycles. The minimum absolute atomic E-state index is 0.181. The molecule has 1 aliphatic heterocycles. The number of hydrazone groups is 1. The molecule has 7 heteroatoms. The lowest BCUT2D eigenvalue weighted by molar-refractivity contribution is 0.0716. The third-order valence-corrected chi connectivity index (χ3v) is 5.19. The van der Waals surface area contributed by atoms with Gasteiger partial charge in [0.25, 0.3) is 5.91 Å². The number of nitrogens with zero attached hydrogens (tertiary/aromatic N) is 2. The van der Waals surface area contributed by atoms with Crippen LogP contribution in [0.25, 0.3) is 0 Å². The standard InChI is InChI=1S/C20H16FN3OS.CH4S/c21-15-4-1-3-14(11-15)18-12-17(13-6-8-16(22)9-7-13)23-24(18)20(25)19-5-2-10-26-19;1-2/h1-11,18H,12,22H2;2H,1H3. The largest absolute Gasteiger partial charge is 0.399 e. The van der Waals surface area contributed by atoms with Gasteiger partial charge in [-0.05, 0) is 53.1 Å². The quantitative estimate of drug-likeness (QED) is 0.469. The number of thiophene rings is 1. The summed E-state index contributed by atoms with van der Waals surface area (Å²) in [4.78, 5) is 13.5. The van der Waals surface area contributed by atoms with Gasteiger partial charge in [0.1, 0.15) is 5.82 Å². The summed E-state index contributed by atoms with van der Waals surface area (Å²) in [6, 6.07) is 17.0. The maximum absolute atomic E-state index is 13.7. The number of amides is 1. The van der Waals surface area contributed by atoms with E-state index in [1.54, 1.807) is 30.5 Å². The predicted octanol–water partition coefficient (Wildman–Crippen LogP) is 5.01. The molecule has 1 atom stereocenters. The van der Waals surface area contributed by atoms with E-state index < -0.39 is 0 Å². The van der Waals surface area contributed by atoms with Crippen molar-refractivity contribution in [2.75, 3.05) is 12.0 Å². The van der Waals surface area contributed by atoms with Crippen molar-refractivity contribution in [3.63, 3.8) is 0 Å². The molecule has 0 aliphatic carbocycles. The van der Waals surface area contributed by atoms with Crippen LogP contribution in [0.4, 0.5) is 10.1 Å². The highest BCUT2D eigenvalue weighted by Crippen LogP contribution is 2.34. The molecule has 4 rings (SSSR count). The van der Waals surface area contributed by atoms with Gasteiger partial charge in [-0.2, -0.15) is 17.7 Å². The Morgan fingerprint density at radius 1 is 1.18 bits per heavy atom. The van der Waals surface area contributed by atoms with Crippen LogP contribution in [0.1, 0.15) is 33.3 Å². The molecule has 4 nitrogen and oxygen atoms in total. The number of carbonyl (C=O) groups excluding carboxylic acids is 1. The fraction of sp³-hybridized carbons (Fsp3) is 0.143. The summed E-state index contributed by atoms with van der Waals surface area (Å²) < 4.78 is 13.7. The Kier molecular flexibility index (Phi) is 6.49. The number of hydrogen-bond donors (Lipinski definition) is 2. The summed E-state index contributed by atoms with van der Waals surface area (Å²) in [5.41, 5.74) is 8.83. The van der Waals surface area contributed by atoms with E-state index in [4.69, 9.17) is 5.73 Å². The molecule has 2 aromatic carbocycles. The van der Waals surface area contributed by atoms with Gasteiger partial charge >= 0.3 is 0 Å². The SMILES string of the molecule is CS.Nc1ccc(C2=NN(C(=O)c3cccs3)C(c3cccc(F)c3)C2)cc1. The molecule has 0 spiro atoms. The lowest BCUT2D eigenvalue weighted by Gasteiger charge is -2.21. The van der Waals surface area contributed by atoms with Gasteiger partial charge in [-0.25, -0.2) is 9.40 Å². The second-order valence-electron chi connectivity index (χ2n) is 6.07. The third kappa shape index (κ3) is 4.26. The molecule has 0 radical (unpaired) electrons. The van der Waals surface area contributed by atoms with Crippen LogP contribution in [0.15, 0.2) is 71.1 Å². The van der Waals surface area contributed by atoms with E-state index in [2.05, 4.69) is 17.7 Å². The van der Waals surface area contributed by atoms with Crippen LogP contribution in [0.2, 0.25) is 0 Å². The van der Waals surface area contributed by atoms with Crippen LogP contribution in [0.5, 0.6) is 0 Å². The number of halogens is 1. The molecule has 1 aliphatic rings. The first kappa shape index (κ1) is 20.1. The molecule has 1 aromatic heterocycles. The first-order chi connectivity index (χ1) is 13.6. The van der Waals surface area contributed by atoms with Gasteiger partial charge in [-0.3, -0.25) is 4.79 Å². The Labute approximate surface area is 172 Å². The van der Waals surface area contributed by atoms with Gasteiger partial charge in [0.2, 0.25) is 0 Å². The van der Waals surface area contributed by atoms with Crippen LogP contribution in [0.3, 0.4) is 0 Å². The normalized spacial score (nSPS) is 15.6. The number of nitrogen functional groups attached to an aromatic ring is 1. The molecular formula is C21H20FN3OS2. The zero-order valence-corrected chi connectivity index (χ0v) is 17.0. The van der Waals surface area contributed by atoms with Crippen molar-refractivity contribution in [3.05, 3.63) is 87.9 Å². The van der Waals surface area contributed by atoms with Crippen LogP contribution < -0.4 is 5.73 Å². The predicted molar refractivity (Wildman–Crippen MR) is 117 cm³/mol. The zero-order chi connectivity index (χ0) is 20.1. The third-order valence-electron chi connectivity index (χ3n) is 4.33. The molecule has 28 heavy (non-hydrogen) atoms. The number of carbonyl (C=O) groups is 1. The van der Waals surface area contributed by atoms with Crippen molar-refractivity contribution in [3.8, 4) is 0 Å². The first-order valence-corrected chi connectivity index (χ1v) is 10.4. The fourth-order valence-electron chi connectivity index (χ4n) is 3.03. The molecule has 0 bridgehead atoms.